The van der Waals surface area contributed by atoms with Crippen LogP contribution in [-0.2, 0) is 9.59 Å². The third-order valence-electron chi connectivity index (χ3n) is 6.86. The lowest BCUT2D eigenvalue weighted by atomic mass is 9.68. The Hall–Kier alpha value is -3.34. The maximum Gasteiger partial charge on any atom is 0.254 e. The summed E-state index contributed by atoms with van der Waals surface area (Å²) in [6.45, 7) is 10.9. The van der Waals surface area contributed by atoms with Crippen LogP contribution in [0.25, 0.3) is 0 Å². The summed E-state index contributed by atoms with van der Waals surface area (Å²) in [5.41, 5.74) is 5.42. The number of rotatable bonds is 7. The minimum Gasteiger partial charge on any atom is -0.493 e. The Morgan fingerprint density at radius 3 is 2.54 bits per heavy atom. The van der Waals surface area contributed by atoms with E-state index in [0.717, 1.165) is 53.2 Å². The van der Waals surface area contributed by atoms with Crippen molar-refractivity contribution in [3.05, 3.63) is 82.2 Å². The van der Waals surface area contributed by atoms with Gasteiger partial charge in [0.2, 0.25) is 0 Å². The molecule has 35 heavy (non-hydrogen) atoms. The SMILES string of the molecule is CCCCOc1ccccc1C1C(C(=O)Nc2ccccc2C)=C(C)NC2=C1C(=O)CC(C)(C)C2. The molecule has 0 fully saturated rings. The van der Waals surface area contributed by atoms with E-state index in [2.05, 4.69) is 31.4 Å². The standard InChI is InChI=1S/C30H36N2O3/c1-6-7-16-35-25-15-11-9-13-21(25)27-26(29(34)32-22-14-10-8-12-19(22)2)20(3)31-23-17-30(4,5)18-24(33)28(23)27/h8-15,27,31H,6-7,16-18H2,1-5H3,(H,32,34). The molecule has 1 unspecified atom stereocenters. The molecule has 0 radical (unpaired) electrons. The number of unbranched alkanes of at least 4 members (excludes halogenated alkanes) is 1. The summed E-state index contributed by atoms with van der Waals surface area (Å²) in [6, 6.07) is 15.5. The summed E-state index contributed by atoms with van der Waals surface area (Å²) in [6.07, 6.45) is 3.18. The maximum atomic E-state index is 13.8. The molecule has 4 rings (SSSR count). The van der Waals surface area contributed by atoms with Gasteiger partial charge in [0.25, 0.3) is 5.91 Å². The van der Waals surface area contributed by atoms with Gasteiger partial charge in [-0.2, -0.15) is 0 Å². The Morgan fingerprint density at radius 1 is 1.09 bits per heavy atom. The lowest BCUT2D eigenvalue weighted by Gasteiger charge is -2.40. The first kappa shape index (κ1) is 24.8. The summed E-state index contributed by atoms with van der Waals surface area (Å²) in [5, 5.41) is 6.54. The first-order chi connectivity index (χ1) is 16.7. The third-order valence-corrected chi connectivity index (χ3v) is 6.86. The van der Waals surface area contributed by atoms with Crippen LogP contribution >= 0.6 is 0 Å². The van der Waals surface area contributed by atoms with Gasteiger partial charge in [-0.3, -0.25) is 9.59 Å². The number of carbonyl (C=O) groups excluding carboxylic acids is 2. The highest BCUT2D eigenvalue weighted by molar-refractivity contribution is 6.10. The monoisotopic (exact) mass is 472 g/mol. The molecule has 2 aromatic rings. The molecule has 1 aliphatic carbocycles. The molecular formula is C30H36N2O3. The summed E-state index contributed by atoms with van der Waals surface area (Å²) in [7, 11) is 0. The van der Waals surface area contributed by atoms with Gasteiger partial charge in [-0.05, 0) is 49.8 Å². The van der Waals surface area contributed by atoms with Crippen molar-refractivity contribution in [2.45, 2.75) is 66.2 Å². The summed E-state index contributed by atoms with van der Waals surface area (Å²) in [5.74, 6) is 0.121. The number of anilines is 1. The maximum absolute atomic E-state index is 13.8. The number of allylic oxidation sites excluding steroid dienone is 3. The predicted molar refractivity (Wildman–Crippen MR) is 140 cm³/mol. The molecule has 1 atom stereocenters. The van der Waals surface area contributed by atoms with Crippen LogP contribution in [-0.4, -0.2) is 18.3 Å². The number of hydrogen-bond donors (Lipinski definition) is 2. The number of amides is 1. The molecule has 0 saturated carbocycles. The number of benzene rings is 2. The van der Waals surface area contributed by atoms with Gasteiger partial charge in [0.05, 0.1) is 12.5 Å². The van der Waals surface area contributed by atoms with Crippen molar-refractivity contribution in [3.63, 3.8) is 0 Å². The number of carbonyl (C=O) groups is 2. The van der Waals surface area contributed by atoms with Crippen molar-refractivity contribution >= 4 is 17.4 Å². The van der Waals surface area contributed by atoms with E-state index in [1.54, 1.807) is 0 Å². The van der Waals surface area contributed by atoms with Gasteiger partial charge in [-0.15, -0.1) is 0 Å². The zero-order valence-corrected chi connectivity index (χ0v) is 21.5. The van der Waals surface area contributed by atoms with Gasteiger partial charge >= 0.3 is 0 Å². The molecule has 0 saturated heterocycles. The molecule has 0 aromatic heterocycles. The normalized spacial score (nSPS) is 19.2. The van der Waals surface area contributed by atoms with Crippen molar-refractivity contribution in [2.24, 2.45) is 5.41 Å². The molecule has 0 spiro atoms. The van der Waals surface area contributed by atoms with Crippen LogP contribution in [0.4, 0.5) is 5.69 Å². The van der Waals surface area contributed by atoms with E-state index in [4.69, 9.17) is 4.74 Å². The Morgan fingerprint density at radius 2 is 1.80 bits per heavy atom. The fraction of sp³-hybridized carbons (Fsp3) is 0.400. The van der Waals surface area contributed by atoms with E-state index < -0.39 is 5.92 Å². The topological polar surface area (TPSA) is 67.4 Å². The van der Waals surface area contributed by atoms with E-state index in [0.29, 0.717) is 24.2 Å². The number of hydrogen-bond acceptors (Lipinski definition) is 4. The molecule has 1 heterocycles. The number of dihydropyridines is 1. The third kappa shape index (κ3) is 5.19. The Balaban J connectivity index is 1.82. The average Bonchev–Trinajstić information content (AvgIpc) is 2.79. The molecule has 1 amide bonds. The number of Topliss-reactive ketones (excluding diaryl/α,β-unsaturated/α-hetero) is 1. The minimum absolute atomic E-state index is 0.0887. The highest BCUT2D eigenvalue weighted by atomic mass is 16.5. The van der Waals surface area contributed by atoms with Crippen molar-refractivity contribution in [3.8, 4) is 5.75 Å². The van der Waals surface area contributed by atoms with Crippen LogP contribution in [0.2, 0.25) is 0 Å². The largest absolute Gasteiger partial charge is 0.493 e. The van der Waals surface area contributed by atoms with Crippen LogP contribution in [0.5, 0.6) is 5.75 Å². The summed E-state index contributed by atoms with van der Waals surface area (Å²) in [4.78, 5) is 27.4. The number of para-hydroxylation sites is 2. The zero-order valence-electron chi connectivity index (χ0n) is 21.5. The lowest BCUT2D eigenvalue weighted by Crippen LogP contribution is -2.39. The van der Waals surface area contributed by atoms with E-state index >= 15 is 0 Å². The van der Waals surface area contributed by atoms with Crippen molar-refractivity contribution < 1.29 is 14.3 Å². The van der Waals surface area contributed by atoms with Crippen LogP contribution < -0.4 is 15.4 Å². The fourth-order valence-electron chi connectivity index (χ4n) is 5.13. The predicted octanol–water partition coefficient (Wildman–Crippen LogP) is 6.42. The molecule has 2 N–H and O–H groups in total. The van der Waals surface area contributed by atoms with Gasteiger partial charge in [-0.1, -0.05) is 63.6 Å². The molecule has 184 valence electrons. The van der Waals surface area contributed by atoms with Crippen LogP contribution in [0.3, 0.4) is 0 Å². The van der Waals surface area contributed by atoms with Crippen LogP contribution in [0, 0.1) is 12.3 Å². The van der Waals surface area contributed by atoms with Crippen molar-refractivity contribution in [2.75, 3.05) is 11.9 Å². The number of nitrogens with one attached hydrogen (secondary N) is 2. The first-order valence-electron chi connectivity index (χ1n) is 12.5. The fourth-order valence-corrected chi connectivity index (χ4v) is 5.13. The molecule has 2 aromatic carbocycles. The molecule has 2 aliphatic rings. The van der Waals surface area contributed by atoms with Gasteiger partial charge < -0.3 is 15.4 Å². The van der Waals surface area contributed by atoms with Crippen LogP contribution in [0.15, 0.2) is 71.1 Å². The van der Waals surface area contributed by atoms with Crippen LogP contribution in [0.1, 0.15) is 70.4 Å². The van der Waals surface area contributed by atoms with Crippen molar-refractivity contribution in [1.82, 2.24) is 5.32 Å². The second kappa shape index (κ2) is 10.1. The molecule has 5 heteroatoms. The second-order valence-corrected chi connectivity index (χ2v) is 10.4. The number of aryl methyl sites for hydroxylation is 1. The first-order valence-corrected chi connectivity index (χ1v) is 12.5. The van der Waals surface area contributed by atoms with E-state index in [1.165, 1.54) is 0 Å². The number of ether oxygens (including phenoxy) is 1. The smallest absolute Gasteiger partial charge is 0.254 e. The molecule has 5 nitrogen and oxygen atoms in total. The van der Waals surface area contributed by atoms with Crippen molar-refractivity contribution in [1.29, 1.82) is 0 Å². The summed E-state index contributed by atoms with van der Waals surface area (Å²) >= 11 is 0. The number of ketones is 1. The molecule has 1 aliphatic heterocycles. The van der Waals surface area contributed by atoms with Gasteiger partial charge in [0, 0.05) is 40.2 Å². The van der Waals surface area contributed by atoms with Gasteiger partial charge in [0.15, 0.2) is 5.78 Å². The minimum atomic E-state index is -0.489. The van der Waals surface area contributed by atoms with E-state index in [9.17, 15) is 9.59 Å². The van der Waals surface area contributed by atoms with Gasteiger partial charge in [0.1, 0.15) is 5.75 Å². The highest BCUT2D eigenvalue weighted by Gasteiger charge is 2.43. The summed E-state index contributed by atoms with van der Waals surface area (Å²) < 4.78 is 6.18. The van der Waals surface area contributed by atoms with Gasteiger partial charge in [-0.25, -0.2) is 0 Å². The van der Waals surface area contributed by atoms with E-state index in [1.807, 2.05) is 62.4 Å². The Labute approximate surface area is 208 Å². The Bertz CT molecular complexity index is 1210. The second-order valence-electron chi connectivity index (χ2n) is 10.4. The zero-order chi connectivity index (χ0) is 25.2. The Kier molecular flexibility index (Phi) is 7.15. The average molecular weight is 473 g/mol. The highest BCUT2D eigenvalue weighted by Crippen LogP contribution is 2.48. The van der Waals surface area contributed by atoms with E-state index in [-0.39, 0.29) is 17.1 Å². The molecular weight excluding hydrogens is 436 g/mol. The lowest BCUT2D eigenvalue weighted by molar-refractivity contribution is -0.118. The quantitative estimate of drug-likeness (QED) is 0.457. The molecule has 0 bridgehead atoms.